The second kappa shape index (κ2) is 9.37. The van der Waals surface area contributed by atoms with Gasteiger partial charge in [-0.1, -0.05) is 36.0 Å². The molecule has 0 aliphatic rings. The lowest BCUT2D eigenvalue weighted by atomic mass is 10.1. The maximum atomic E-state index is 12.4. The molecule has 0 fully saturated rings. The minimum Gasteiger partial charge on any atom is -0.355 e. The summed E-state index contributed by atoms with van der Waals surface area (Å²) in [4.78, 5) is 12.5. The minimum atomic E-state index is -3.71. The van der Waals surface area contributed by atoms with Crippen LogP contribution in [0.5, 0.6) is 0 Å². The Bertz CT molecular complexity index is 1130. The fraction of sp³-hybridized carbons (Fsp3) is 0.263. The van der Waals surface area contributed by atoms with Crippen LogP contribution in [0.25, 0.3) is 5.69 Å². The van der Waals surface area contributed by atoms with Crippen LogP contribution < -0.4 is 10.5 Å². The predicted octanol–water partition coefficient (Wildman–Crippen LogP) is 1.46. The highest BCUT2D eigenvalue weighted by Gasteiger charge is 2.19. The summed E-state index contributed by atoms with van der Waals surface area (Å²) < 4.78 is 24.2. The number of sulfonamides is 1. The molecule has 0 bridgehead atoms. The van der Waals surface area contributed by atoms with Crippen LogP contribution in [0, 0.1) is 6.92 Å². The van der Waals surface area contributed by atoms with Gasteiger partial charge in [-0.3, -0.25) is 4.79 Å². The summed E-state index contributed by atoms with van der Waals surface area (Å²) in [6.07, 6.45) is 0.565. The normalized spacial score (nSPS) is 12.5. The fourth-order valence-corrected chi connectivity index (χ4v) is 4.05. The van der Waals surface area contributed by atoms with E-state index in [1.165, 1.54) is 23.9 Å². The number of amides is 1. The maximum absolute atomic E-state index is 12.4. The number of hydrogen-bond donors (Lipinski definition) is 2. The molecule has 1 aromatic heterocycles. The highest BCUT2D eigenvalue weighted by atomic mass is 32.2. The summed E-state index contributed by atoms with van der Waals surface area (Å²) in [6, 6.07) is 14.0. The van der Waals surface area contributed by atoms with Gasteiger partial charge in [0.25, 0.3) is 0 Å². The van der Waals surface area contributed by atoms with Gasteiger partial charge in [-0.25, -0.2) is 13.6 Å². The zero-order valence-corrected chi connectivity index (χ0v) is 18.2. The van der Waals surface area contributed by atoms with E-state index in [-0.39, 0.29) is 10.8 Å². The Balaban J connectivity index is 1.54. The van der Waals surface area contributed by atoms with Gasteiger partial charge in [-0.05, 0) is 66.1 Å². The molecule has 3 aromatic rings. The van der Waals surface area contributed by atoms with E-state index < -0.39 is 15.3 Å². The average Bonchev–Trinajstić information content (AvgIpc) is 3.15. The molecular formula is C19H22N6O3S2. The number of primary sulfonamides is 1. The van der Waals surface area contributed by atoms with Crippen molar-refractivity contribution in [1.29, 1.82) is 0 Å². The van der Waals surface area contributed by atoms with Gasteiger partial charge in [0.05, 0.1) is 15.8 Å². The number of nitrogens with zero attached hydrogens (tertiary/aromatic N) is 4. The van der Waals surface area contributed by atoms with E-state index in [2.05, 4.69) is 20.8 Å². The zero-order valence-electron chi connectivity index (χ0n) is 16.5. The number of nitrogens with two attached hydrogens (primary N) is 1. The Kier molecular flexibility index (Phi) is 6.85. The third kappa shape index (κ3) is 5.65. The molecule has 9 nitrogen and oxygen atoms in total. The molecular weight excluding hydrogens is 424 g/mol. The minimum absolute atomic E-state index is 0.0617. The van der Waals surface area contributed by atoms with Crippen LogP contribution >= 0.6 is 11.8 Å². The Labute approximate surface area is 179 Å². The first-order valence-corrected chi connectivity index (χ1v) is 11.6. The molecule has 0 radical (unpaired) electrons. The van der Waals surface area contributed by atoms with Crippen molar-refractivity contribution in [2.45, 2.75) is 35.6 Å². The van der Waals surface area contributed by atoms with Crippen LogP contribution in [0.2, 0.25) is 0 Å². The summed E-state index contributed by atoms with van der Waals surface area (Å²) in [5.41, 5.74) is 2.81. The molecule has 1 amide bonds. The molecule has 0 aliphatic carbocycles. The summed E-state index contributed by atoms with van der Waals surface area (Å²) in [6.45, 7) is 4.19. The largest absolute Gasteiger partial charge is 0.355 e. The van der Waals surface area contributed by atoms with Crippen molar-refractivity contribution in [3.05, 3.63) is 59.7 Å². The number of aryl methyl sites for hydroxylation is 1. The predicted molar refractivity (Wildman–Crippen MR) is 114 cm³/mol. The molecule has 3 rings (SSSR count). The van der Waals surface area contributed by atoms with Crippen LogP contribution in [-0.2, 0) is 21.2 Å². The van der Waals surface area contributed by atoms with E-state index in [1.54, 1.807) is 23.7 Å². The molecule has 0 spiro atoms. The summed E-state index contributed by atoms with van der Waals surface area (Å²) in [7, 11) is -3.71. The van der Waals surface area contributed by atoms with E-state index in [0.29, 0.717) is 18.1 Å². The van der Waals surface area contributed by atoms with Crippen molar-refractivity contribution < 1.29 is 13.2 Å². The van der Waals surface area contributed by atoms with Gasteiger partial charge in [0.2, 0.25) is 21.1 Å². The lowest BCUT2D eigenvalue weighted by Crippen LogP contribution is -2.32. The van der Waals surface area contributed by atoms with Crippen molar-refractivity contribution >= 4 is 27.7 Å². The van der Waals surface area contributed by atoms with E-state index >= 15 is 0 Å². The lowest BCUT2D eigenvalue weighted by molar-refractivity contribution is -0.120. The molecule has 0 aliphatic heterocycles. The molecule has 11 heteroatoms. The first kappa shape index (κ1) is 21.9. The number of hydrogen-bond acceptors (Lipinski definition) is 7. The highest BCUT2D eigenvalue weighted by Crippen LogP contribution is 2.23. The van der Waals surface area contributed by atoms with Crippen LogP contribution in [-0.4, -0.2) is 46.3 Å². The van der Waals surface area contributed by atoms with Gasteiger partial charge in [-0.2, -0.15) is 4.68 Å². The summed E-state index contributed by atoms with van der Waals surface area (Å²) in [5, 5.41) is 19.9. The van der Waals surface area contributed by atoms with Crippen molar-refractivity contribution in [2.24, 2.45) is 5.14 Å². The smallest absolute Gasteiger partial charge is 0.238 e. The molecule has 3 N–H and O–H groups in total. The lowest BCUT2D eigenvalue weighted by Gasteiger charge is -2.12. The van der Waals surface area contributed by atoms with Gasteiger partial charge in [0, 0.05) is 6.54 Å². The monoisotopic (exact) mass is 446 g/mol. The van der Waals surface area contributed by atoms with E-state index in [4.69, 9.17) is 5.14 Å². The standard InChI is InChI=1S/C19H22N6O3S2/c1-13-4-3-5-16(12-13)25-19(22-23-24-25)29-14(2)18(26)21-11-10-15-6-8-17(9-7-15)30(20,27)28/h3-9,12,14H,10-11H2,1-2H3,(H,21,26)(H2,20,27,28)/t14-/m1/s1. The highest BCUT2D eigenvalue weighted by molar-refractivity contribution is 8.00. The Hall–Kier alpha value is -2.76. The molecule has 0 saturated heterocycles. The quantitative estimate of drug-likeness (QED) is 0.500. The summed E-state index contributed by atoms with van der Waals surface area (Å²) in [5.74, 6) is -0.139. The van der Waals surface area contributed by atoms with E-state index in [9.17, 15) is 13.2 Å². The van der Waals surface area contributed by atoms with Crippen molar-refractivity contribution in [1.82, 2.24) is 25.5 Å². The fourth-order valence-electron chi connectivity index (χ4n) is 2.71. The number of benzene rings is 2. The Morgan fingerprint density at radius 1 is 1.23 bits per heavy atom. The molecule has 1 atom stereocenters. The number of thioether (sulfide) groups is 1. The third-order valence-corrected chi connectivity index (χ3v) is 6.27. The molecule has 0 saturated carbocycles. The third-order valence-electron chi connectivity index (χ3n) is 4.30. The van der Waals surface area contributed by atoms with Gasteiger partial charge in [0.1, 0.15) is 0 Å². The van der Waals surface area contributed by atoms with Crippen LogP contribution in [0.1, 0.15) is 18.1 Å². The Morgan fingerprint density at radius 2 is 1.97 bits per heavy atom. The van der Waals surface area contributed by atoms with Gasteiger partial charge >= 0.3 is 0 Å². The number of carbonyl (C=O) groups excluding carboxylic acids is 1. The van der Waals surface area contributed by atoms with Crippen molar-refractivity contribution in [3.63, 3.8) is 0 Å². The summed E-state index contributed by atoms with van der Waals surface area (Å²) >= 11 is 1.27. The van der Waals surface area contributed by atoms with Crippen molar-refractivity contribution in [3.8, 4) is 5.69 Å². The topological polar surface area (TPSA) is 133 Å². The van der Waals surface area contributed by atoms with Crippen molar-refractivity contribution in [2.75, 3.05) is 6.54 Å². The molecule has 30 heavy (non-hydrogen) atoms. The first-order chi connectivity index (χ1) is 14.2. The number of rotatable bonds is 8. The maximum Gasteiger partial charge on any atom is 0.238 e. The molecule has 0 unspecified atom stereocenters. The number of nitrogens with one attached hydrogen (secondary N) is 1. The number of tetrazole rings is 1. The SMILES string of the molecule is Cc1cccc(-n2nnnc2S[C@H](C)C(=O)NCCc2ccc(S(N)(=O)=O)cc2)c1. The van der Waals surface area contributed by atoms with Gasteiger partial charge in [0.15, 0.2) is 0 Å². The van der Waals surface area contributed by atoms with Crippen LogP contribution in [0.3, 0.4) is 0 Å². The number of aromatic nitrogens is 4. The second-order valence-corrected chi connectivity index (χ2v) is 9.57. The average molecular weight is 447 g/mol. The number of carbonyl (C=O) groups is 1. The van der Waals surface area contributed by atoms with E-state index in [1.807, 2.05) is 31.2 Å². The van der Waals surface area contributed by atoms with Crippen LogP contribution in [0.15, 0.2) is 58.6 Å². The zero-order chi connectivity index (χ0) is 21.7. The van der Waals surface area contributed by atoms with Crippen LogP contribution in [0.4, 0.5) is 0 Å². The second-order valence-electron chi connectivity index (χ2n) is 6.70. The van der Waals surface area contributed by atoms with E-state index in [0.717, 1.165) is 16.8 Å². The molecule has 2 aromatic carbocycles. The molecule has 1 heterocycles. The Morgan fingerprint density at radius 3 is 2.63 bits per heavy atom. The van der Waals surface area contributed by atoms with Gasteiger partial charge in [-0.15, -0.1) is 5.10 Å². The first-order valence-electron chi connectivity index (χ1n) is 9.15. The van der Waals surface area contributed by atoms with Gasteiger partial charge < -0.3 is 5.32 Å². The molecule has 158 valence electrons.